The summed E-state index contributed by atoms with van der Waals surface area (Å²) >= 11 is 11.4. The lowest BCUT2D eigenvalue weighted by Crippen LogP contribution is -2.30. The lowest BCUT2D eigenvalue weighted by atomic mass is 10.2. The van der Waals surface area contributed by atoms with Crippen LogP contribution in [0.5, 0.6) is 5.75 Å². The van der Waals surface area contributed by atoms with Crippen LogP contribution in [0.3, 0.4) is 0 Å². The Morgan fingerprint density at radius 3 is 2.79 bits per heavy atom. The van der Waals surface area contributed by atoms with Crippen molar-refractivity contribution in [2.75, 3.05) is 19.5 Å². The van der Waals surface area contributed by atoms with Gasteiger partial charge in [0.2, 0.25) is 0 Å². The van der Waals surface area contributed by atoms with Crippen molar-refractivity contribution in [1.82, 2.24) is 4.90 Å². The SMILES string of the molecule is COc1cccc(CN(C)C(=S)Nc2cc([N+](=O)[O-])ccc2Cl)c1. The Morgan fingerprint density at radius 1 is 1.38 bits per heavy atom. The van der Waals surface area contributed by atoms with Gasteiger partial charge in [-0.2, -0.15) is 0 Å². The number of ether oxygens (including phenoxy) is 1. The van der Waals surface area contributed by atoms with E-state index in [2.05, 4.69) is 5.32 Å². The Kier molecular flexibility index (Phi) is 5.94. The fraction of sp³-hybridized carbons (Fsp3) is 0.188. The Labute approximate surface area is 150 Å². The summed E-state index contributed by atoms with van der Waals surface area (Å²) in [7, 11) is 3.43. The molecule has 0 saturated carbocycles. The fourth-order valence-corrected chi connectivity index (χ4v) is 2.39. The Balaban J connectivity index is 2.08. The van der Waals surface area contributed by atoms with Gasteiger partial charge in [0.05, 0.1) is 22.7 Å². The van der Waals surface area contributed by atoms with E-state index in [0.29, 0.717) is 22.4 Å². The molecule has 0 aliphatic heterocycles. The van der Waals surface area contributed by atoms with E-state index in [-0.39, 0.29) is 5.69 Å². The number of anilines is 1. The maximum Gasteiger partial charge on any atom is 0.271 e. The number of nitro benzene ring substituents is 1. The molecular weight excluding hydrogens is 350 g/mol. The van der Waals surface area contributed by atoms with Gasteiger partial charge in [-0.15, -0.1) is 0 Å². The molecule has 8 heteroatoms. The minimum absolute atomic E-state index is 0.0554. The second kappa shape index (κ2) is 7.94. The van der Waals surface area contributed by atoms with Gasteiger partial charge in [0.15, 0.2) is 5.11 Å². The summed E-state index contributed by atoms with van der Waals surface area (Å²) in [5, 5.41) is 14.6. The predicted molar refractivity (Wildman–Crippen MR) is 98.8 cm³/mol. The van der Waals surface area contributed by atoms with Gasteiger partial charge >= 0.3 is 0 Å². The van der Waals surface area contributed by atoms with Gasteiger partial charge in [0.25, 0.3) is 5.69 Å². The molecule has 0 aliphatic rings. The molecule has 1 N–H and O–H groups in total. The highest BCUT2D eigenvalue weighted by Gasteiger charge is 2.13. The third-order valence-electron chi connectivity index (χ3n) is 3.30. The van der Waals surface area contributed by atoms with E-state index in [4.69, 9.17) is 28.6 Å². The summed E-state index contributed by atoms with van der Waals surface area (Å²) in [6.45, 7) is 0.551. The van der Waals surface area contributed by atoms with Gasteiger partial charge in [-0.25, -0.2) is 0 Å². The Bertz CT molecular complexity index is 770. The van der Waals surface area contributed by atoms with Crippen LogP contribution in [0.25, 0.3) is 0 Å². The summed E-state index contributed by atoms with van der Waals surface area (Å²) in [5.74, 6) is 0.765. The normalized spacial score (nSPS) is 10.1. The van der Waals surface area contributed by atoms with Crippen molar-refractivity contribution in [2.45, 2.75) is 6.54 Å². The minimum Gasteiger partial charge on any atom is -0.497 e. The van der Waals surface area contributed by atoms with Gasteiger partial charge in [0, 0.05) is 25.7 Å². The molecule has 0 radical (unpaired) electrons. The highest BCUT2D eigenvalue weighted by atomic mass is 35.5. The van der Waals surface area contributed by atoms with Crippen LogP contribution in [0.1, 0.15) is 5.56 Å². The second-order valence-electron chi connectivity index (χ2n) is 5.06. The molecule has 2 aromatic carbocycles. The van der Waals surface area contributed by atoms with E-state index in [1.54, 1.807) is 12.0 Å². The standard InChI is InChI=1S/C16H16ClN3O3S/c1-19(10-11-4-3-5-13(8-11)23-2)16(24)18-15-9-12(20(21)22)6-7-14(15)17/h3-9H,10H2,1-2H3,(H,18,24). The van der Waals surface area contributed by atoms with Crippen LogP contribution in [0.2, 0.25) is 5.02 Å². The molecule has 0 saturated heterocycles. The molecular formula is C16H16ClN3O3S. The smallest absolute Gasteiger partial charge is 0.271 e. The van der Waals surface area contributed by atoms with Crippen molar-refractivity contribution in [3.8, 4) is 5.75 Å². The topological polar surface area (TPSA) is 67.6 Å². The van der Waals surface area contributed by atoms with Crippen LogP contribution in [0, 0.1) is 10.1 Å². The number of thiocarbonyl (C=S) groups is 1. The number of nitro groups is 1. The molecule has 0 aromatic heterocycles. The molecule has 24 heavy (non-hydrogen) atoms. The van der Waals surface area contributed by atoms with E-state index in [0.717, 1.165) is 11.3 Å². The summed E-state index contributed by atoms with van der Waals surface area (Å²) in [4.78, 5) is 12.2. The quantitative estimate of drug-likeness (QED) is 0.489. The van der Waals surface area contributed by atoms with Crippen LogP contribution >= 0.6 is 23.8 Å². The van der Waals surface area contributed by atoms with Gasteiger partial charge < -0.3 is 15.0 Å². The average molecular weight is 366 g/mol. The van der Waals surface area contributed by atoms with Crippen LogP contribution in [-0.2, 0) is 6.54 Å². The summed E-state index contributed by atoms with van der Waals surface area (Å²) in [5.41, 5.74) is 1.36. The third-order valence-corrected chi connectivity index (χ3v) is 4.05. The molecule has 0 heterocycles. The molecule has 0 amide bonds. The van der Waals surface area contributed by atoms with Gasteiger partial charge in [-0.1, -0.05) is 23.7 Å². The first-order valence-electron chi connectivity index (χ1n) is 6.99. The number of rotatable bonds is 5. The van der Waals surface area contributed by atoms with E-state index in [1.807, 2.05) is 31.3 Å². The van der Waals surface area contributed by atoms with E-state index >= 15 is 0 Å². The zero-order valence-corrected chi connectivity index (χ0v) is 14.7. The number of hydrogen-bond acceptors (Lipinski definition) is 4. The molecule has 0 aliphatic carbocycles. The van der Waals surface area contributed by atoms with Crippen molar-refractivity contribution in [1.29, 1.82) is 0 Å². The molecule has 0 atom stereocenters. The largest absolute Gasteiger partial charge is 0.497 e. The van der Waals surface area contributed by atoms with Crippen molar-refractivity contribution < 1.29 is 9.66 Å². The van der Waals surface area contributed by atoms with Crippen molar-refractivity contribution in [3.05, 3.63) is 63.2 Å². The molecule has 0 spiro atoms. The van der Waals surface area contributed by atoms with Crippen LogP contribution in [-0.4, -0.2) is 29.1 Å². The Morgan fingerprint density at radius 2 is 2.12 bits per heavy atom. The second-order valence-corrected chi connectivity index (χ2v) is 5.85. The van der Waals surface area contributed by atoms with E-state index < -0.39 is 4.92 Å². The van der Waals surface area contributed by atoms with E-state index in [1.165, 1.54) is 18.2 Å². The zero-order chi connectivity index (χ0) is 17.7. The number of hydrogen-bond donors (Lipinski definition) is 1. The van der Waals surface area contributed by atoms with Crippen molar-refractivity contribution >= 4 is 40.3 Å². The fourth-order valence-electron chi connectivity index (χ4n) is 2.05. The number of methoxy groups -OCH3 is 1. The van der Waals surface area contributed by atoms with Gasteiger partial charge in [-0.3, -0.25) is 10.1 Å². The third kappa shape index (κ3) is 4.56. The summed E-state index contributed by atoms with van der Waals surface area (Å²) < 4.78 is 5.20. The van der Waals surface area contributed by atoms with Crippen molar-refractivity contribution in [2.24, 2.45) is 0 Å². The molecule has 0 fully saturated rings. The van der Waals surface area contributed by atoms with E-state index in [9.17, 15) is 10.1 Å². The number of non-ortho nitro benzene ring substituents is 1. The summed E-state index contributed by atoms with van der Waals surface area (Å²) in [6, 6.07) is 11.8. The van der Waals surface area contributed by atoms with Crippen LogP contribution in [0.4, 0.5) is 11.4 Å². The maximum absolute atomic E-state index is 10.9. The molecule has 6 nitrogen and oxygen atoms in total. The van der Waals surface area contributed by atoms with Gasteiger partial charge in [0.1, 0.15) is 5.75 Å². The zero-order valence-electron chi connectivity index (χ0n) is 13.2. The first-order chi connectivity index (χ1) is 11.4. The molecule has 0 unspecified atom stereocenters. The predicted octanol–water partition coefficient (Wildman–Crippen LogP) is 4.09. The average Bonchev–Trinajstić information content (AvgIpc) is 2.56. The number of nitrogens with zero attached hydrogens (tertiary/aromatic N) is 2. The first kappa shape index (κ1) is 18.0. The van der Waals surface area contributed by atoms with Crippen LogP contribution in [0.15, 0.2) is 42.5 Å². The highest BCUT2D eigenvalue weighted by molar-refractivity contribution is 7.80. The molecule has 0 bridgehead atoms. The highest BCUT2D eigenvalue weighted by Crippen LogP contribution is 2.27. The lowest BCUT2D eigenvalue weighted by molar-refractivity contribution is -0.384. The number of benzene rings is 2. The molecule has 2 rings (SSSR count). The van der Waals surface area contributed by atoms with Gasteiger partial charge in [-0.05, 0) is 36.0 Å². The molecule has 2 aromatic rings. The first-order valence-corrected chi connectivity index (χ1v) is 7.78. The van der Waals surface area contributed by atoms with Crippen molar-refractivity contribution in [3.63, 3.8) is 0 Å². The van der Waals surface area contributed by atoms with Crippen LogP contribution < -0.4 is 10.1 Å². The molecule has 126 valence electrons. The maximum atomic E-state index is 10.9. The minimum atomic E-state index is -0.482. The number of nitrogens with one attached hydrogen (secondary N) is 1. The lowest BCUT2D eigenvalue weighted by Gasteiger charge is -2.21. The monoisotopic (exact) mass is 365 g/mol. The number of halogens is 1. The summed E-state index contributed by atoms with van der Waals surface area (Å²) in [6.07, 6.45) is 0. The Hall–Kier alpha value is -2.38.